The Bertz CT molecular complexity index is 4830. The number of carboxylic acid groups (broad SMARTS) is 1. The first-order valence-corrected chi connectivity index (χ1v) is 39.6. The first-order valence-electron chi connectivity index (χ1n) is 35.4. The van der Waals surface area contributed by atoms with Crippen LogP contribution in [0.3, 0.4) is 0 Å². The third kappa shape index (κ3) is 23.2. The number of hydrogen-bond acceptors (Lipinski definition) is 23. The lowest BCUT2D eigenvalue weighted by molar-refractivity contribution is -0.928. The number of piperazine rings is 1. The molecular weight excluding hydrogens is 1540 g/mol. The van der Waals surface area contributed by atoms with Gasteiger partial charge in [-0.15, -0.1) is 11.3 Å². The summed E-state index contributed by atoms with van der Waals surface area (Å²) in [5.74, 6) is -3.22. The molecule has 37 heteroatoms. The summed E-state index contributed by atoms with van der Waals surface area (Å²) >= 11 is 8.46. The van der Waals surface area contributed by atoms with Crippen LogP contribution in [0.2, 0.25) is 5.02 Å². The summed E-state index contributed by atoms with van der Waals surface area (Å²) in [6.45, 7) is 6.66. The van der Waals surface area contributed by atoms with Gasteiger partial charge in [0.1, 0.15) is 59.5 Å². The third-order valence-electron chi connectivity index (χ3n) is 18.2. The summed E-state index contributed by atoms with van der Waals surface area (Å²) in [7, 11) is -7.12. The van der Waals surface area contributed by atoms with Crippen molar-refractivity contribution in [3.63, 3.8) is 0 Å². The minimum absolute atomic E-state index is 0.00590. The maximum atomic E-state index is 14.5. The maximum Gasteiger partial charge on any atom is 0.485 e. The molecule has 1 saturated heterocycles. The van der Waals surface area contributed by atoms with Crippen molar-refractivity contribution < 1.29 is 104 Å². The van der Waals surface area contributed by atoms with Crippen LogP contribution in [-0.2, 0) is 75.6 Å². The molecule has 5 atom stereocenters. The Morgan fingerprint density at radius 3 is 2.20 bits per heavy atom. The number of aliphatic carboxylic acids is 1. The number of carbonyl (C=O) groups excluding carboxylic acids is 6. The number of fused-ring (bicyclic) bond motifs is 1. The molecule has 3 aromatic heterocycles. The van der Waals surface area contributed by atoms with Gasteiger partial charge in [-0.2, -0.15) is 4.31 Å². The number of para-hydroxylation sites is 2. The number of nitrogens with one attached hydrogen (secondary N) is 4. The number of thiophene rings is 1. The molecule has 0 spiro atoms. The monoisotopic (exact) mass is 1620 g/mol. The molecule has 10 rings (SSSR count). The molecule has 7 amide bonds. The van der Waals surface area contributed by atoms with Crippen LogP contribution in [0.4, 0.5) is 14.9 Å². The molecular formula is C75H85ClFN12O20P2S+. The lowest BCUT2D eigenvalue weighted by atomic mass is 9.96. The fourth-order valence-electron chi connectivity index (χ4n) is 12.0. The number of nitrogens with zero attached hydrogens (tertiary/aromatic N) is 7. The molecule has 32 nitrogen and oxygen atoms in total. The first kappa shape index (κ1) is 84.3. The van der Waals surface area contributed by atoms with Gasteiger partial charge in [0.05, 0.1) is 75.3 Å². The zero-order valence-electron chi connectivity index (χ0n) is 61.7. The number of likely N-dealkylation sites (N-methyl/N-ethyl adjacent to an activating group) is 1. The smallest absolute Gasteiger partial charge is 0.485 e. The number of phosphoric ester groups is 2. The van der Waals surface area contributed by atoms with Crippen molar-refractivity contribution in [1.29, 1.82) is 0 Å². The summed E-state index contributed by atoms with van der Waals surface area (Å²) in [5.41, 5.74) is 9.89. The van der Waals surface area contributed by atoms with Crippen LogP contribution in [0.5, 0.6) is 23.1 Å². The zero-order chi connectivity index (χ0) is 80.3. The molecule has 2 aliphatic heterocycles. The highest BCUT2D eigenvalue weighted by Crippen LogP contribution is 2.61. The van der Waals surface area contributed by atoms with Gasteiger partial charge in [-0.25, -0.2) is 47.6 Å². The number of aromatic nitrogens is 4. The molecule has 1 fully saturated rings. The quantitative estimate of drug-likeness (QED) is 0.00767. The third-order valence-corrected chi connectivity index (χ3v) is 22.3. The Kier molecular flexibility index (Phi) is 29.2. The fourth-order valence-corrected chi connectivity index (χ4v) is 15.5. The van der Waals surface area contributed by atoms with E-state index >= 15 is 0 Å². The number of halogens is 2. The second-order valence-electron chi connectivity index (χ2n) is 26.6. The van der Waals surface area contributed by atoms with E-state index in [9.17, 15) is 62.0 Å². The first-order chi connectivity index (χ1) is 53.5. The molecule has 5 heterocycles. The summed E-state index contributed by atoms with van der Waals surface area (Å²) in [4.78, 5) is 132. The van der Waals surface area contributed by atoms with Gasteiger partial charge in [-0.1, -0.05) is 86.1 Å². The van der Waals surface area contributed by atoms with E-state index in [-0.39, 0.29) is 98.6 Å². The number of carboxylic acids is 1. The predicted octanol–water partition coefficient (Wildman–Crippen LogP) is 9.14. The normalized spacial score (nSPS) is 15.4. The van der Waals surface area contributed by atoms with Gasteiger partial charge in [0.25, 0.3) is 11.8 Å². The largest absolute Gasteiger partial charge is 0.496 e. The predicted molar refractivity (Wildman–Crippen MR) is 410 cm³/mol. The van der Waals surface area contributed by atoms with E-state index in [0.29, 0.717) is 110 Å². The van der Waals surface area contributed by atoms with E-state index in [0.717, 1.165) is 17.1 Å². The van der Waals surface area contributed by atoms with Gasteiger partial charge >= 0.3 is 27.6 Å². The highest BCUT2D eigenvalue weighted by molar-refractivity contribution is 7.61. The molecule has 8 aromatic rings. The minimum atomic E-state index is -5.25. The number of imide groups is 1. The average Bonchev–Trinajstić information content (AvgIpc) is 1.59. The highest BCUT2D eigenvalue weighted by Gasteiger charge is 2.40. The van der Waals surface area contributed by atoms with E-state index in [1.807, 2.05) is 37.3 Å². The SMILES string of the molecule is COc1ccccc1-c1nccc(COc2ccccc2C[C@@H](Oc2ncnc3sc(-c4ccc(F)cc4)c(-c4ccc(OCCN5CC[N+](C)(COP(=O)(O)OP(=O)(O)OCc6ccc(NC(=O)[C@H](CCCNC(N)=O)NC(=O)[C@@H](NC(=O)CCOCCN7C(=O)C=CC7=O)C(C)C)cc6)CC5)c(Cl)c4C)c23)C(=O)O)n1. The van der Waals surface area contributed by atoms with Crippen molar-refractivity contribution >= 4 is 96.0 Å². The number of quaternary nitrogens is 1. The van der Waals surface area contributed by atoms with Gasteiger partial charge in [-0.3, -0.25) is 38.3 Å². The van der Waals surface area contributed by atoms with Gasteiger partial charge in [0.2, 0.25) is 29.7 Å². The summed E-state index contributed by atoms with van der Waals surface area (Å²) in [6, 6.07) is 28.2. The Hall–Kier alpha value is -10.2. The van der Waals surface area contributed by atoms with Crippen molar-refractivity contribution in [2.24, 2.45) is 11.7 Å². The Morgan fingerprint density at radius 1 is 0.786 bits per heavy atom. The molecule has 5 aromatic carbocycles. The second-order valence-corrected chi connectivity index (χ2v) is 31.1. The number of urea groups is 1. The maximum absolute atomic E-state index is 14.5. The number of rotatable bonds is 40. The van der Waals surface area contributed by atoms with Crippen LogP contribution in [0.25, 0.3) is 43.2 Å². The number of phosphoric acid groups is 2. The number of nitrogens with two attached hydrogens (primary N) is 1. The van der Waals surface area contributed by atoms with Crippen LogP contribution in [0.15, 0.2) is 140 Å². The van der Waals surface area contributed by atoms with E-state index in [4.69, 9.17) is 55.1 Å². The van der Waals surface area contributed by atoms with Crippen LogP contribution < -0.4 is 45.9 Å². The number of benzene rings is 5. The molecule has 0 aliphatic carbocycles. The molecule has 0 saturated carbocycles. The number of carbonyl (C=O) groups is 7. The van der Waals surface area contributed by atoms with E-state index in [2.05, 4.69) is 45.4 Å². The minimum Gasteiger partial charge on any atom is -0.496 e. The average molecular weight is 1620 g/mol. The van der Waals surface area contributed by atoms with Gasteiger partial charge in [0, 0.05) is 73.5 Å². The van der Waals surface area contributed by atoms with Crippen LogP contribution in [0, 0.1) is 18.7 Å². The van der Waals surface area contributed by atoms with Gasteiger partial charge < -0.3 is 70.1 Å². The molecule has 0 bridgehead atoms. The molecule has 2 aliphatic rings. The molecule has 594 valence electrons. The number of primary amides is 1. The zero-order valence-corrected chi connectivity index (χ0v) is 65.0. The fraction of sp³-hybridized carbons (Fsp3) is 0.347. The topological polar surface area (TPSA) is 420 Å². The van der Waals surface area contributed by atoms with Crippen LogP contribution in [0.1, 0.15) is 55.5 Å². The van der Waals surface area contributed by atoms with Crippen LogP contribution >= 0.6 is 38.6 Å². The second kappa shape index (κ2) is 38.8. The van der Waals surface area contributed by atoms with Gasteiger partial charge in [-0.05, 0) is 108 Å². The Balaban J connectivity index is 0.698. The molecule has 9 N–H and O–H groups in total. The summed E-state index contributed by atoms with van der Waals surface area (Å²) in [6.07, 6.45) is 3.63. The van der Waals surface area contributed by atoms with Crippen LogP contribution in [-0.4, -0.2) is 195 Å². The highest BCUT2D eigenvalue weighted by atomic mass is 35.5. The Morgan fingerprint density at radius 2 is 1.49 bits per heavy atom. The number of amides is 7. The van der Waals surface area contributed by atoms with Crippen molar-refractivity contribution in [3.8, 4) is 56.1 Å². The van der Waals surface area contributed by atoms with Crippen molar-refractivity contribution in [1.82, 2.24) is 45.7 Å². The van der Waals surface area contributed by atoms with E-state index in [1.165, 1.54) is 54.1 Å². The van der Waals surface area contributed by atoms with Crippen molar-refractivity contribution in [2.45, 2.75) is 77.9 Å². The lowest BCUT2D eigenvalue weighted by Crippen LogP contribution is -2.58. The Labute approximate surface area is 652 Å². The number of hydrogen-bond donors (Lipinski definition) is 8. The van der Waals surface area contributed by atoms with Crippen molar-refractivity contribution in [2.75, 3.05) is 91.8 Å². The van der Waals surface area contributed by atoms with E-state index < -0.39 is 93.7 Å². The molecule has 112 heavy (non-hydrogen) atoms. The standard InChI is InChI=1S/C75H84ClFN12O20P2S/c1-46(2)67(86-61(90)29-38-103-39-35-88-62(91)26-27-63(88)92)71(94)85-56(13-10-30-80-75(78)97)70(93)84-52-22-16-48(17-23-52)42-106-110(98,99)109-111(100,101)107-45-89(4)36-32-87(33-37-89)34-40-104-59-25-24-54(47(3)66(59)76)64-65-72(81-44-82-73(65)112-68(64)49-18-20-51(77)21-19-49)108-60(74(95)96)41-50-11-6-8-14-57(50)105-43-53-28-31-79-69(83-53)55-12-7-9-15-58(55)102-5/h6-9,11-12,14-28,31,44,46,56,60,67H,10,13,29-30,32-43,45H2,1-5H3,(H8-,78,80,84,85,86,90,93,94,95,96,97,98,99,100,101)/p+1/t56-,60+,67-/m0/s1. The summed E-state index contributed by atoms with van der Waals surface area (Å²) in [5, 5.41) is 21.9. The number of anilines is 1. The number of methoxy groups -OCH3 is 1. The van der Waals surface area contributed by atoms with Gasteiger partial charge in [0.15, 0.2) is 12.6 Å². The molecule has 0 radical (unpaired) electrons. The molecule has 2 unspecified atom stereocenters. The number of ether oxygens (including phenoxy) is 5. The van der Waals surface area contributed by atoms with E-state index in [1.54, 1.807) is 82.7 Å². The summed E-state index contributed by atoms with van der Waals surface area (Å²) < 4.78 is 85.8. The van der Waals surface area contributed by atoms with Crippen molar-refractivity contribution in [3.05, 3.63) is 173 Å². The lowest BCUT2D eigenvalue weighted by Gasteiger charge is -2.41.